The zero-order valence-corrected chi connectivity index (χ0v) is 26.1. The number of Topliss-reactive ketones (excluding diaryl/α,β-unsaturated/α-hetero) is 2. The van der Waals surface area contributed by atoms with Gasteiger partial charge in [0, 0.05) is 47.3 Å². The lowest BCUT2D eigenvalue weighted by molar-refractivity contribution is 0.0960. The summed E-state index contributed by atoms with van der Waals surface area (Å²) in [5.41, 5.74) is 11.5. The average molecular weight is 623 g/mol. The van der Waals surface area contributed by atoms with E-state index in [0.717, 1.165) is 19.3 Å². The number of pyridine rings is 1. The number of nitrogens with two attached hydrogens (primary N) is 2. The van der Waals surface area contributed by atoms with Gasteiger partial charge >= 0.3 is 0 Å². The van der Waals surface area contributed by atoms with Crippen molar-refractivity contribution < 1.29 is 28.5 Å². The van der Waals surface area contributed by atoms with Crippen LogP contribution in [0, 0.1) is 22.7 Å². The molecule has 1 aliphatic carbocycles. The van der Waals surface area contributed by atoms with E-state index < -0.39 is 23.4 Å². The largest absolute Gasteiger partial charge is 0.493 e. The summed E-state index contributed by atoms with van der Waals surface area (Å²) in [6.07, 6.45) is 2.26. The van der Waals surface area contributed by atoms with Gasteiger partial charge in [0.05, 0.1) is 40.2 Å². The Balaban J connectivity index is 1.76. The Hall–Kier alpha value is -5.75. The average Bonchev–Trinajstić information content (AvgIpc) is 3.35. The third-order valence-corrected chi connectivity index (χ3v) is 8.56. The maximum absolute atomic E-state index is 14.5. The molecule has 2 aliphatic rings. The van der Waals surface area contributed by atoms with Crippen molar-refractivity contribution in [1.29, 1.82) is 10.5 Å². The van der Waals surface area contributed by atoms with Crippen LogP contribution in [0.15, 0.2) is 42.0 Å². The van der Waals surface area contributed by atoms with Crippen molar-refractivity contribution >= 4 is 28.9 Å². The van der Waals surface area contributed by atoms with E-state index in [9.17, 15) is 20.1 Å². The molecule has 1 fully saturated rings. The fourth-order valence-electron chi connectivity index (χ4n) is 6.33. The molecule has 3 aromatic rings. The summed E-state index contributed by atoms with van der Waals surface area (Å²) in [5, 5.41) is 21.7. The number of carbonyl (C=O) groups excluding carboxylic acids is 2. The maximum atomic E-state index is 14.5. The Labute approximate surface area is 266 Å². The molecule has 0 saturated carbocycles. The topological polar surface area (TPSA) is 187 Å². The van der Waals surface area contributed by atoms with Crippen LogP contribution in [0.3, 0.4) is 0 Å². The number of anilines is 2. The summed E-state index contributed by atoms with van der Waals surface area (Å²) < 4.78 is 21.5. The predicted molar refractivity (Wildman–Crippen MR) is 170 cm³/mol. The minimum absolute atomic E-state index is 0.0413. The lowest BCUT2D eigenvalue weighted by Gasteiger charge is -2.31. The Morgan fingerprint density at radius 2 is 1.43 bits per heavy atom. The van der Waals surface area contributed by atoms with E-state index in [-0.39, 0.29) is 50.7 Å². The first-order valence-corrected chi connectivity index (χ1v) is 14.6. The van der Waals surface area contributed by atoms with Gasteiger partial charge in [0.1, 0.15) is 28.7 Å². The van der Waals surface area contributed by atoms with Crippen molar-refractivity contribution in [3.63, 3.8) is 0 Å². The van der Waals surface area contributed by atoms with Crippen LogP contribution >= 0.6 is 0 Å². The molecule has 1 unspecified atom stereocenters. The second kappa shape index (κ2) is 12.7. The number of nitrogen functional groups attached to an aromatic ring is 1. The highest BCUT2D eigenvalue weighted by atomic mass is 16.5. The summed E-state index contributed by atoms with van der Waals surface area (Å²) in [7, 11) is 5.81. The number of ketones is 2. The van der Waals surface area contributed by atoms with Gasteiger partial charge < -0.3 is 35.3 Å². The van der Waals surface area contributed by atoms with Crippen molar-refractivity contribution in [2.45, 2.75) is 31.1 Å². The molecule has 5 rings (SSSR count). The molecule has 0 spiro atoms. The van der Waals surface area contributed by atoms with E-state index in [4.69, 9.17) is 30.4 Å². The highest BCUT2D eigenvalue weighted by molar-refractivity contribution is 6.19. The lowest BCUT2D eigenvalue weighted by atomic mass is 9.70. The van der Waals surface area contributed by atoms with Crippen molar-refractivity contribution in [2.75, 3.05) is 52.2 Å². The van der Waals surface area contributed by atoms with Crippen LogP contribution < -0.4 is 35.3 Å². The van der Waals surface area contributed by atoms with Gasteiger partial charge in [-0.1, -0.05) is 0 Å². The smallest absolute Gasteiger partial charge is 0.193 e. The summed E-state index contributed by atoms with van der Waals surface area (Å²) >= 11 is 0. The van der Waals surface area contributed by atoms with E-state index in [1.54, 1.807) is 18.2 Å². The standard InChI is InChI=1S/C34H34N6O6/c1-43-23-10-8-19(14-25(23)45-3)22(41)16-34(18-36)28-21(17-35)33(40-12-6-5-7-13-40)39-32(38)27(28)30(37)29(34)31(42)20-9-11-24(44-2)26(15-20)46-4/h8-11,14-15H,5-7,12-13,16,37H2,1-4H3,(H2,38,39). The van der Waals surface area contributed by atoms with Gasteiger partial charge in [-0.2, -0.15) is 10.5 Å². The minimum atomic E-state index is -2.00. The Morgan fingerprint density at radius 3 is 1.98 bits per heavy atom. The second-order valence-corrected chi connectivity index (χ2v) is 11.0. The van der Waals surface area contributed by atoms with E-state index in [2.05, 4.69) is 17.1 Å². The van der Waals surface area contributed by atoms with Crippen molar-refractivity contribution in [2.24, 2.45) is 5.73 Å². The number of carbonyl (C=O) groups is 2. The van der Waals surface area contributed by atoms with Crippen LogP contribution in [0.4, 0.5) is 11.6 Å². The SMILES string of the molecule is COc1ccc(C(=O)CC2(C#N)C(C(=O)c3ccc(OC)c(OC)c3)=C(N)c3c(N)nc(N4CCCCC4)c(C#N)c32)cc1OC. The van der Waals surface area contributed by atoms with Crippen LogP contribution in [0.2, 0.25) is 0 Å². The molecule has 1 aliphatic heterocycles. The molecule has 1 atom stereocenters. The van der Waals surface area contributed by atoms with E-state index >= 15 is 0 Å². The first kappa shape index (κ1) is 31.7. The number of ether oxygens (including phenoxy) is 4. The molecule has 1 saturated heterocycles. The van der Waals surface area contributed by atoms with E-state index in [1.165, 1.54) is 46.6 Å². The molecular formula is C34H34N6O6. The highest BCUT2D eigenvalue weighted by Gasteiger charge is 2.53. The minimum Gasteiger partial charge on any atom is -0.493 e. The molecule has 236 valence electrons. The number of nitriles is 2. The molecule has 2 aromatic carbocycles. The number of hydrogen-bond acceptors (Lipinski definition) is 12. The summed E-state index contributed by atoms with van der Waals surface area (Å²) in [6, 6.07) is 13.6. The third kappa shape index (κ3) is 5.08. The second-order valence-electron chi connectivity index (χ2n) is 11.0. The van der Waals surface area contributed by atoms with Gasteiger partial charge in [0.2, 0.25) is 0 Å². The molecule has 0 bridgehead atoms. The van der Waals surface area contributed by atoms with E-state index in [0.29, 0.717) is 36.2 Å². The molecular weight excluding hydrogens is 588 g/mol. The molecule has 46 heavy (non-hydrogen) atoms. The zero-order valence-electron chi connectivity index (χ0n) is 26.1. The maximum Gasteiger partial charge on any atom is 0.193 e. The Bertz CT molecular complexity index is 1850. The number of hydrogen-bond donors (Lipinski definition) is 2. The number of fused-ring (bicyclic) bond motifs is 1. The van der Waals surface area contributed by atoms with E-state index in [1.807, 2.05) is 4.90 Å². The van der Waals surface area contributed by atoms with Crippen molar-refractivity contribution in [1.82, 2.24) is 4.98 Å². The first-order chi connectivity index (χ1) is 22.2. The number of rotatable bonds is 10. The molecule has 0 radical (unpaired) electrons. The predicted octanol–water partition coefficient (Wildman–Crippen LogP) is 4.16. The van der Waals surface area contributed by atoms with Gasteiger partial charge in [-0.15, -0.1) is 0 Å². The summed E-state index contributed by atoms with van der Waals surface area (Å²) in [6.45, 7) is 1.26. The van der Waals surface area contributed by atoms with Crippen molar-refractivity contribution in [3.05, 3.63) is 69.8 Å². The quantitative estimate of drug-likeness (QED) is 0.308. The molecule has 1 aromatic heterocycles. The molecule has 0 amide bonds. The molecule has 12 heteroatoms. The van der Waals surface area contributed by atoms with Gasteiger partial charge in [-0.25, -0.2) is 4.98 Å². The number of piperidine rings is 1. The summed E-state index contributed by atoms with van der Waals surface area (Å²) in [5.74, 6) is 0.491. The zero-order chi connectivity index (χ0) is 33.2. The van der Waals surface area contributed by atoms with Crippen LogP contribution in [0.1, 0.15) is 63.1 Å². The fraction of sp³-hybridized carbons (Fsp3) is 0.324. The monoisotopic (exact) mass is 622 g/mol. The molecule has 12 nitrogen and oxygen atoms in total. The molecule has 4 N–H and O–H groups in total. The van der Waals surface area contributed by atoms with Gasteiger partial charge in [-0.05, 0) is 55.7 Å². The number of methoxy groups -OCH3 is 4. The van der Waals surface area contributed by atoms with Crippen LogP contribution in [0.25, 0.3) is 5.70 Å². The van der Waals surface area contributed by atoms with Gasteiger partial charge in [-0.3, -0.25) is 9.59 Å². The number of aromatic nitrogens is 1. The number of nitrogens with zero attached hydrogens (tertiary/aromatic N) is 4. The van der Waals surface area contributed by atoms with Crippen molar-refractivity contribution in [3.8, 4) is 35.1 Å². The Morgan fingerprint density at radius 1 is 0.870 bits per heavy atom. The number of benzene rings is 2. The van der Waals surface area contributed by atoms with Crippen LogP contribution in [-0.4, -0.2) is 58.1 Å². The first-order valence-electron chi connectivity index (χ1n) is 14.6. The van der Waals surface area contributed by atoms with Crippen LogP contribution in [-0.2, 0) is 5.41 Å². The van der Waals surface area contributed by atoms with Gasteiger partial charge in [0.25, 0.3) is 0 Å². The third-order valence-electron chi connectivity index (χ3n) is 8.56. The lowest BCUT2D eigenvalue weighted by Crippen LogP contribution is -2.35. The summed E-state index contributed by atoms with van der Waals surface area (Å²) in [4.78, 5) is 35.1. The highest BCUT2D eigenvalue weighted by Crippen LogP contribution is 2.53. The van der Waals surface area contributed by atoms with Gasteiger partial charge in [0.15, 0.2) is 34.6 Å². The fourth-order valence-corrected chi connectivity index (χ4v) is 6.33. The number of allylic oxidation sites excluding steroid dienone is 1. The molecule has 2 heterocycles. The van der Waals surface area contributed by atoms with Crippen LogP contribution in [0.5, 0.6) is 23.0 Å². The normalized spacial score (nSPS) is 17.0. The Kier molecular flexibility index (Phi) is 8.74.